The van der Waals surface area contributed by atoms with E-state index in [1.165, 1.54) is 36.8 Å². The quantitative estimate of drug-likeness (QED) is 0.683. The van der Waals surface area contributed by atoms with Crippen molar-refractivity contribution in [1.29, 1.82) is 0 Å². The Morgan fingerprint density at radius 1 is 0.773 bits per heavy atom. The van der Waals surface area contributed by atoms with E-state index in [4.69, 9.17) is 0 Å². The van der Waals surface area contributed by atoms with Crippen LogP contribution in [0.1, 0.15) is 36.8 Å². The molecule has 2 aliphatic carbocycles. The molecule has 2 aromatic rings. The molecule has 1 atom stereocenters. The lowest BCUT2D eigenvalue weighted by Gasteiger charge is -2.52. The lowest BCUT2D eigenvalue weighted by Crippen LogP contribution is -2.46. The predicted octanol–water partition coefficient (Wildman–Crippen LogP) is 5.66. The standard InChI is InChI=1S/C22H22/c1-4-10-18(11-5-1)21-16-17-22(21,19-12-6-2-7-13-19)20-14-8-3-9-15-20/h2-4,6-15,21H,1,5,16-17H2. The van der Waals surface area contributed by atoms with E-state index in [1.807, 2.05) is 0 Å². The second-order valence-electron chi connectivity index (χ2n) is 6.48. The average molecular weight is 286 g/mol. The number of hydrogen-bond acceptors (Lipinski definition) is 0. The molecule has 1 saturated carbocycles. The van der Waals surface area contributed by atoms with Crippen LogP contribution in [-0.2, 0) is 5.41 Å². The molecule has 0 heteroatoms. The van der Waals surface area contributed by atoms with E-state index < -0.39 is 0 Å². The van der Waals surface area contributed by atoms with Crippen molar-refractivity contribution in [2.75, 3.05) is 0 Å². The fourth-order valence-electron chi connectivity index (χ4n) is 4.25. The minimum absolute atomic E-state index is 0.163. The molecule has 0 aromatic heterocycles. The molecular formula is C22H22. The molecule has 110 valence electrons. The molecule has 2 aliphatic rings. The van der Waals surface area contributed by atoms with Gasteiger partial charge in [-0.1, -0.05) is 78.9 Å². The van der Waals surface area contributed by atoms with Gasteiger partial charge >= 0.3 is 0 Å². The van der Waals surface area contributed by atoms with Gasteiger partial charge in [-0.15, -0.1) is 0 Å². The largest absolute Gasteiger partial charge is 0.0840 e. The molecule has 0 amide bonds. The summed E-state index contributed by atoms with van der Waals surface area (Å²) in [7, 11) is 0. The smallest absolute Gasteiger partial charge is 0.0271 e. The van der Waals surface area contributed by atoms with Crippen LogP contribution in [0.3, 0.4) is 0 Å². The monoisotopic (exact) mass is 286 g/mol. The second kappa shape index (κ2) is 5.61. The fraction of sp³-hybridized carbons (Fsp3) is 0.273. The summed E-state index contributed by atoms with van der Waals surface area (Å²) >= 11 is 0. The molecular weight excluding hydrogens is 264 g/mol. The van der Waals surface area contributed by atoms with Crippen LogP contribution < -0.4 is 0 Å². The first-order chi connectivity index (χ1) is 10.9. The average Bonchev–Trinajstić information content (AvgIpc) is 2.57. The van der Waals surface area contributed by atoms with Crippen molar-refractivity contribution >= 4 is 0 Å². The fourth-order valence-corrected chi connectivity index (χ4v) is 4.25. The summed E-state index contributed by atoms with van der Waals surface area (Å²) in [5.41, 5.74) is 4.65. The van der Waals surface area contributed by atoms with E-state index in [0.717, 1.165) is 0 Å². The van der Waals surface area contributed by atoms with Crippen molar-refractivity contribution in [1.82, 2.24) is 0 Å². The lowest BCUT2D eigenvalue weighted by atomic mass is 9.51. The Kier molecular flexibility index (Phi) is 3.46. The molecule has 2 aromatic carbocycles. The first-order valence-corrected chi connectivity index (χ1v) is 8.39. The Morgan fingerprint density at radius 2 is 1.41 bits per heavy atom. The van der Waals surface area contributed by atoms with Gasteiger partial charge in [0.15, 0.2) is 0 Å². The molecule has 1 unspecified atom stereocenters. The molecule has 22 heavy (non-hydrogen) atoms. The lowest BCUT2D eigenvalue weighted by molar-refractivity contribution is 0.203. The van der Waals surface area contributed by atoms with Gasteiger partial charge in [0.1, 0.15) is 0 Å². The Balaban J connectivity index is 1.84. The highest BCUT2D eigenvalue weighted by Gasteiger charge is 2.50. The van der Waals surface area contributed by atoms with Crippen LogP contribution in [-0.4, -0.2) is 0 Å². The highest BCUT2D eigenvalue weighted by atomic mass is 14.5. The van der Waals surface area contributed by atoms with Crippen molar-refractivity contribution < 1.29 is 0 Å². The van der Waals surface area contributed by atoms with Gasteiger partial charge in [0.05, 0.1) is 0 Å². The van der Waals surface area contributed by atoms with Gasteiger partial charge < -0.3 is 0 Å². The maximum absolute atomic E-state index is 2.46. The first-order valence-electron chi connectivity index (χ1n) is 8.39. The zero-order valence-corrected chi connectivity index (χ0v) is 12.9. The molecule has 0 N–H and O–H groups in total. The van der Waals surface area contributed by atoms with E-state index >= 15 is 0 Å². The molecule has 1 fully saturated rings. The summed E-state index contributed by atoms with van der Waals surface area (Å²) in [5.74, 6) is 0.619. The Morgan fingerprint density at radius 3 is 1.86 bits per heavy atom. The molecule has 0 bridgehead atoms. The summed E-state index contributed by atoms with van der Waals surface area (Å²) < 4.78 is 0. The van der Waals surface area contributed by atoms with Crippen molar-refractivity contribution in [3.8, 4) is 0 Å². The third kappa shape index (κ3) is 2.06. The van der Waals surface area contributed by atoms with Crippen molar-refractivity contribution in [2.24, 2.45) is 5.92 Å². The third-order valence-electron chi connectivity index (χ3n) is 5.43. The summed E-state index contributed by atoms with van der Waals surface area (Å²) in [5, 5.41) is 0. The van der Waals surface area contributed by atoms with Crippen LogP contribution >= 0.6 is 0 Å². The normalized spacial score (nSPS) is 22.7. The molecule has 0 aliphatic heterocycles. The summed E-state index contributed by atoms with van der Waals surface area (Å²) in [6.07, 6.45) is 12.1. The number of rotatable bonds is 3. The molecule has 0 radical (unpaired) electrons. The summed E-state index contributed by atoms with van der Waals surface area (Å²) in [6.45, 7) is 0. The molecule has 0 saturated heterocycles. The molecule has 0 nitrogen and oxygen atoms in total. The minimum atomic E-state index is 0.163. The topological polar surface area (TPSA) is 0 Å². The number of hydrogen-bond donors (Lipinski definition) is 0. The van der Waals surface area contributed by atoms with Crippen LogP contribution in [0.15, 0.2) is 84.5 Å². The zero-order valence-electron chi connectivity index (χ0n) is 12.9. The maximum atomic E-state index is 2.46. The highest BCUT2D eigenvalue weighted by Crippen LogP contribution is 2.56. The van der Waals surface area contributed by atoms with Gasteiger partial charge in [-0.05, 0) is 48.3 Å². The highest BCUT2D eigenvalue weighted by molar-refractivity contribution is 5.48. The van der Waals surface area contributed by atoms with Gasteiger partial charge in [-0.2, -0.15) is 0 Å². The van der Waals surface area contributed by atoms with E-state index in [9.17, 15) is 0 Å². The minimum Gasteiger partial charge on any atom is -0.0840 e. The van der Waals surface area contributed by atoms with Gasteiger partial charge in [0.25, 0.3) is 0 Å². The Hall–Kier alpha value is -2.08. The summed E-state index contributed by atoms with van der Waals surface area (Å²) in [4.78, 5) is 0. The van der Waals surface area contributed by atoms with Crippen LogP contribution in [0.4, 0.5) is 0 Å². The third-order valence-corrected chi connectivity index (χ3v) is 5.43. The first kappa shape index (κ1) is 13.6. The number of allylic oxidation sites excluding steroid dienone is 4. The van der Waals surface area contributed by atoms with Gasteiger partial charge in [-0.3, -0.25) is 0 Å². The SMILES string of the molecule is C1=CC(C2CCC2(c2ccccc2)c2ccccc2)=CCC1. The van der Waals surface area contributed by atoms with Crippen LogP contribution in [0.2, 0.25) is 0 Å². The molecule has 0 spiro atoms. The van der Waals surface area contributed by atoms with Crippen LogP contribution in [0.5, 0.6) is 0 Å². The van der Waals surface area contributed by atoms with E-state index in [-0.39, 0.29) is 5.41 Å². The van der Waals surface area contributed by atoms with Crippen molar-refractivity contribution in [2.45, 2.75) is 31.1 Å². The molecule has 4 rings (SSSR count). The van der Waals surface area contributed by atoms with Crippen molar-refractivity contribution in [3.63, 3.8) is 0 Å². The van der Waals surface area contributed by atoms with Gasteiger partial charge in [-0.25, -0.2) is 0 Å². The van der Waals surface area contributed by atoms with Gasteiger partial charge in [0.2, 0.25) is 0 Å². The van der Waals surface area contributed by atoms with Crippen LogP contribution in [0, 0.1) is 5.92 Å². The summed E-state index contributed by atoms with van der Waals surface area (Å²) in [6, 6.07) is 22.2. The van der Waals surface area contributed by atoms with E-state index in [1.54, 1.807) is 5.57 Å². The molecule has 0 heterocycles. The van der Waals surface area contributed by atoms with Crippen LogP contribution in [0.25, 0.3) is 0 Å². The van der Waals surface area contributed by atoms with E-state index in [2.05, 4.69) is 78.9 Å². The maximum Gasteiger partial charge on any atom is 0.0271 e. The second-order valence-corrected chi connectivity index (χ2v) is 6.48. The number of benzene rings is 2. The Bertz CT molecular complexity index is 652. The van der Waals surface area contributed by atoms with Crippen molar-refractivity contribution in [3.05, 3.63) is 95.6 Å². The zero-order chi connectivity index (χ0) is 14.8. The van der Waals surface area contributed by atoms with E-state index in [0.29, 0.717) is 5.92 Å². The Labute approximate surface area is 133 Å². The predicted molar refractivity (Wildman–Crippen MR) is 92.8 cm³/mol. The van der Waals surface area contributed by atoms with Gasteiger partial charge in [0, 0.05) is 5.41 Å².